The maximum absolute atomic E-state index is 11.1. The zero-order valence-electron chi connectivity index (χ0n) is 18.2. The molecule has 1 saturated heterocycles. The SMILES string of the molecule is COc1cc2ncnc([As]c3ccc(OC4CCN(C(=O)O)CC4)c(C)c3)c2cc1OC. The molecular formula is C23H25AsN3O5. The Morgan fingerprint density at radius 1 is 1.06 bits per heavy atom. The third-order valence-corrected chi connectivity index (χ3v) is 7.84. The Morgan fingerprint density at radius 2 is 1.78 bits per heavy atom. The van der Waals surface area contributed by atoms with E-state index in [0.717, 1.165) is 26.7 Å². The summed E-state index contributed by atoms with van der Waals surface area (Å²) in [7, 11) is 3.23. The van der Waals surface area contributed by atoms with Crippen LogP contribution in [0, 0.1) is 6.92 Å². The van der Waals surface area contributed by atoms with Crippen molar-refractivity contribution in [2.24, 2.45) is 0 Å². The summed E-state index contributed by atoms with van der Waals surface area (Å²) in [4.78, 5) is 21.5. The number of benzene rings is 2. The molecule has 3 aromatic rings. The molecule has 1 fully saturated rings. The summed E-state index contributed by atoms with van der Waals surface area (Å²) in [6, 6.07) is 10.1. The van der Waals surface area contributed by atoms with Crippen molar-refractivity contribution in [1.82, 2.24) is 14.9 Å². The number of likely N-dealkylation sites (tertiary alicyclic amines) is 1. The number of piperidine rings is 1. The normalized spacial score (nSPS) is 14.8. The Morgan fingerprint density at radius 3 is 2.44 bits per heavy atom. The van der Waals surface area contributed by atoms with Crippen LogP contribution in [0.1, 0.15) is 18.4 Å². The molecule has 167 valence electrons. The Kier molecular flexibility index (Phi) is 6.70. The van der Waals surface area contributed by atoms with Gasteiger partial charge in [0.15, 0.2) is 0 Å². The van der Waals surface area contributed by atoms with Gasteiger partial charge in [0, 0.05) is 0 Å². The van der Waals surface area contributed by atoms with Crippen molar-refractivity contribution in [2.45, 2.75) is 25.9 Å². The molecule has 0 aliphatic carbocycles. The summed E-state index contributed by atoms with van der Waals surface area (Å²) >= 11 is -0.369. The number of amides is 1. The van der Waals surface area contributed by atoms with Crippen molar-refractivity contribution < 1.29 is 24.1 Å². The van der Waals surface area contributed by atoms with Crippen LogP contribution < -0.4 is 23.0 Å². The fraction of sp³-hybridized carbons (Fsp3) is 0.348. The summed E-state index contributed by atoms with van der Waals surface area (Å²) in [5, 5.41) is 10.1. The number of ether oxygens (including phenoxy) is 3. The second-order valence-electron chi connectivity index (χ2n) is 7.57. The number of hydrogen-bond acceptors (Lipinski definition) is 6. The fourth-order valence-corrected chi connectivity index (χ4v) is 5.99. The third kappa shape index (κ3) is 4.75. The van der Waals surface area contributed by atoms with Gasteiger partial charge in [-0.15, -0.1) is 0 Å². The van der Waals surface area contributed by atoms with Gasteiger partial charge in [0.05, 0.1) is 0 Å². The van der Waals surface area contributed by atoms with E-state index in [4.69, 9.17) is 19.3 Å². The summed E-state index contributed by atoms with van der Waals surface area (Å²) in [5.74, 6) is 2.15. The third-order valence-electron chi connectivity index (χ3n) is 5.52. The van der Waals surface area contributed by atoms with Gasteiger partial charge in [0.2, 0.25) is 0 Å². The van der Waals surface area contributed by atoms with E-state index in [2.05, 4.69) is 22.1 Å². The number of methoxy groups -OCH3 is 2. The molecule has 1 aliphatic heterocycles. The van der Waals surface area contributed by atoms with Crippen LogP contribution in [0.25, 0.3) is 10.9 Å². The fourth-order valence-electron chi connectivity index (χ4n) is 3.76. The van der Waals surface area contributed by atoms with E-state index >= 15 is 0 Å². The first-order valence-electron chi connectivity index (χ1n) is 10.3. The minimum atomic E-state index is -0.861. The number of aryl methyl sites for hydroxylation is 1. The summed E-state index contributed by atoms with van der Waals surface area (Å²) in [5.41, 5.74) is 1.89. The second-order valence-corrected chi connectivity index (χ2v) is 10.0. The summed E-state index contributed by atoms with van der Waals surface area (Å²) in [6.45, 7) is 3.06. The van der Waals surface area contributed by atoms with E-state index in [9.17, 15) is 4.79 Å². The number of aromatic nitrogens is 2. The van der Waals surface area contributed by atoms with Gasteiger partial charge in [0.1, 0.15) is 0 Å². The molecule has 4 rings (SSSR count). The summed E-state index contributed by atoms with van der Waals surface area (Å²) in [6.07, 6.45) is 2.18. The molecule has 0 unspecified atom stereocenters. The van der Waals surface area contributed by atoms with Crippen LogP contribution in [0.15, 0.2) is 36.7 Å². The van der Waals surface area contributed by atoms with Crippen LogP contribution in [0.2, 0.25) is 0 Å². The standard InChI is InChI=1S/C23H25AsN3O5/c1-14-10-15(4-5-19(14)32-16-6-8-27(9-7-16)23(28)29)24-22-17-11-20(30-2)21(31-3)12-18(17)25-13-26-22/h4-5,10-13,16H,6-9H2,1-3H3,(H,28,29). The van der Waals surface area contributed by atoms with E-state index in [1.54, 1.807) is 20.5 Å². The van der Waals surface area contributed by atoms with Gasteiger partial charge in [0.25, 0.3) is 0 Å². The molecular weight excluding hydrogens is 473 g/mol. The summed E-state index contributed by atoms with van der Waals surface area (Å²) < 4.78 is 19.2. The van der Waals surface area contributed by atoms with Crippen LogP contribution in [-0.4, -0.2) is 75.2 Å². The van der Waals surface area contributed by atoms with Crippen molar-refractivity contribution >= 4 is 41.6 Å². The van der Waals surface area contributed by atoms with Crippen molar-refractivity contribution in [3.63, 3.8) is 0 Å². The molecule has 2 heterocycles. The average Bonchev–Trinajstić information content (AvgIpc) is 2.80. The van der Waals surface area contributed by atoms with Crippen molar-refractivity contribution in [3.05, 3.63) is 42.2 Å². The average molecular weight is 498 g/mol. The molecule has 0 spiro atoms. The van der Waals surface area contributed by atoms with Crippen molar-refractivity contribution in [2.75, 3.05) is 27.3 Å². The van der Waals surface area contributed by atoms with Crippen LogP contribution >= 0.6 is 0 Å². The molecule has 0 bridgehead atoms. The van der Waals surface area contributed by atoms with E-state index in [-0.39, 0.29) is 21.9 Å². The van der Waals surface area contributed by atoms with E-state index in [0.29, 0.717) is 37.4 Å². The molecule has 2 aromatic carbocycles. The molecule has 32 heavy (non-hydrogen) atoms. The molecule has 1 N–H and O–H groups in total. The van der Waals surface area contributed by atoms with Crippen molar-refractivity contribution in [3.8, 4) is 17.2 Å². The zero-order chi connectivity index (χ0) is 22.7. The van der Waals surface area contributed by atoms with Gasteiger partial charge in [-0.1, -0.05) is 0 Å². The number of rotatable bonds is 6. The van der Waals surface area contributed by atoms with Gasteiger partial charge in [-0.25, -0.2) is 0 Å². The number of carbonyl (C=O) groups is 1. The minimum absolute atomic E-state index is 0.0386. The van der Waals surface area contributed by atoms with Crippen LogP contribution in [0.3, 0.4) is 0 Å². The first kappa shape index (κ1) is 22.2. The Labute approximate surface area is 193 Å². The Hall–Kier alpha value is -2.99. The van der Waals surface area contributed by atoms with Crippen molar-refractivity contribution in [1.29, 1.82) is 0 Å². The molecule has 8 nitrogen and oxygen atoms in total. The predicted molar refractivity (Wildman–Crippen MR) is 122 cm³/mol. The second kappa shape index (κ2) is 9.65. The Bertz CT molecular complexity index is 1130. The molecule has 9 heteroatoms. The van der Waals surface area contributed by atoms with Gasteiger partial charge < -0.3 is 0 Å². The number of hydrogen-bond donors (Lipinski definition) is 1. The topological polar surface area (TPSA) is 94.0 Å². The van der Waals surface area contributed by atoms with Gasteiger partial charge in [-0.2, -0.15) is 0 Å². The molecule has 1 amide bonds. The number of carboxylic acid groups (broad SMARTS) is 1. The quantitative estimate of drug-likeness (QED) is 0.521. The van der Waals surface area contributed by atoms with Gasteiger partial charge in [-0.3, -0.25) is 0 Å². The number of nitrogens with zero attached hydrogens (tertiary/aromatic N) is 3. The Balaban J connectivity index is 1.50. The van der Waals surface area contributed by atoms with E-state index in [1.165, 1.54) is 9.25 Å². The maximum atomic E-state index is 11.1. The zero-order valence-corrected chi connectivity index (χ0v) is 20.1. The molecule has 0 saturated carbocycles. The van der Waals surface area contributed by atoms with Crippen LogP contribution in [-0.2, 0) is 0 Å². The van der Waals surface area contributed by atoms with Crippen LogP contribution in [0.5, 0.6) is 17.2 Å². The van der Waals surface area contributed by atoms with E-state index < -0.39 is 6.09 Å². The molecule has 0 atom stereocenters. The monoisotopic (exact) mass is 498 g/mol. The predicted octanol–water partition coefficient (Wildman–Crippen LogP) is 2.13. The van der Waals surface area contributed by atoms with Crippen LogP contribution in [0.4, 0.5) is 4.79 Å². The van der Waals surface area contributed by atoms with E-state index in [1.807, 2.05) is 25.1 Å². The molecule has 1 radical (unpaired) electrons. The first-order valence-corrected chi connectivity index (χ1v) is 12.2. The number of fused-ring (bicyclic) bond motifs is 1. The first-order chi connectivity index (χ1) is 15.5. The van der Waals surface area contributed by atoms with Gasteiger partial charge >= 0.3 is 193 Å². The van der Waals surface area contributed by atoms with Gasteiger partial charge in [-0.05, 0) is 0 Å². The molecule has 1 aromatic heterocycles. The molecule has 1 aliphatic rings.